The van der Waals surface area contributed by atoms with E-state index in [-0.39, 0.29) is 16.6 Å². The molecule has 3 aromatic heterocycles. The Morgan fingerprint density at radius 1 is 0.318 bits per heavy atom. The second-order valence-corrected chi connectivity index (χ2v) is 30.1. The Labute approximate surface area is 645 Å². The van der Waals surface area contributed by atoms with Crippen LogP contribution in [0.25, 0.3) is 118 Å². The molecule has 17 aromatic rings. The zero-order valence-electron chi connectivity index (χ0n) is 60.9. The molecule has 2 radical (unpaired) electrons. The van der Waals surface area contributed by atoms with Crippen LogP contribution in [-0.4, -0.2) is 63.7 Å². The summed E-state index contributed by atoms with van der Waals surface area (Å²) in [7, 11) is 6.43. The minimum absolute atomic E-state index is 0.202. The predicted octanol–water partition coefficient (Wildman–Crippen LogP) is 21.4. The van der Waals surface area contributed by atoms with Crippen molar-refractivity contribution in [3.8, 4) is 96.0 Å². The lowest BCUT2D eigenvalue weighted by molar-refractivity contribution is -0.107. The molecule has 9 nitrogen and oxygen atoms in total. The van der Waals surface area contributed by atoms with Gasteiger partial charge in [0.15, 0.2) is 29.1 Å². The van der Waals surface area contributed by atoms with Crippen molar-refractivity contribution in [2.75, 3.05) is 0 Å². The average Bonchev–Trinajstić information content (AvgIpc) is 1.50. The largest absolute Gasteiger partial charge is 0.387 e. The summed E-state index contributed by atoms with van der Waals surface area (Å²) in [4.78, 5) is 28.0. The van der Waals surface area contributed by atoms with Crippen LogP contribution in [-0.2, 0) is 10.8 Å². The second-order valence-electron chi connectivity index (χ2n) is 29.7. The first kappa shape index (κ1) is 67.8. The summed E-state index contributed by atoms with van der Waals surface area (Å²) >= 11 is 5.99. The van der Waals surface area contributed by atoms with Crippen LogP contribution in [0.4, 0.5) is 0 Å². The Hall–Kier alpha value is -12.8. The van der Waals surface area contributed by atoms with E-state index in [9.17, 15) is 0 Å². The molecule has 22 rings (SSSR count). The van der Waals surface area contributed by atoms with Crippen molar-refractivity contribution in [1.82, 2.24) is 34.5 Å². The van der Waals surface area contributed by atoms with Gasteiger partial charge in [-0.3, -0.25) is 0 Å². The fraction of sp³-hybridized carbons (Fsp3) is 0.0909. The first-order chi connectivity index (χ1) is 53.7. The Kier molecular flexibility index (Phi) is 16.3. The fourth-order valence-corrected chi connectivity index (χ4v) is 17.6. The van der Waals surface area contributed by atoms with Crippen LogP contribution in [0.1, 0.15) is 94.8 Å². The molecule has 3 atom stereocenters. The molecule has 2 N–H and O–H groups in total. The van der Waals surface area contributed by atoms with Crippen LogP contribution in [0.15, 0.2) is 340 Å². The summed E-state index contributed by atoms with van der Waals surface area (Å²) < 4.78 is 2.48. The van der Waals surface area contributed by atoms with Crippen molar-refractivity contribution < 1.29 is 10.2 Å². The van der Waals surface area contributed by atoms with Crippen LogP contribution in [0.2, 0.25) is 5.28 Å². The van der Waals surface area contributed by atoms with Gasteiger partial charge in [-0.25, -0.2) is 19.9 Å². The van der Waals surface area contributed by atoms with E-state index in [2.05, 4.69) is 256 Å². The van der Waals surface area contributed by atoms with E-state index in [1.54, 1.807) is 27.7 Å². The van der Waals surface area contributed by atoms with Crippen LogP contribution >= 0.6 is 11.6 Å². The molecular formula is C99H71BClN7O2. The van der Waals surface area contributed by atoms with Crippen molar-refractivity contribution in [2.45, 2.75) is 55.6 Å². The standard InChI is InChI=1S/C46H28N4.C32H19B.C15H10ClN3.C6H14O2/c1-3-14-29(15-4-1)43-47-44(30-16-5-2-6-17-30)49-45(48-43)31-26-27-33-32-18-7-9-21-36(32)46(39(33)28-31)37-22-10-12-25-41(37)50-40-24-11-8-19-34(40)35-20-13-23-38(46)42(35)50;33-19-16-17-22-21-9-3-5-13-26(21)32(29(22)18-19)27-14-6-4-11-25(27)30-23-10-2-1-8-20(23)24-12-7-15-28(32)31(24)30;16-15-18-13(11-7-3-1-4-8-11)17-14(19-15)12-9-5-2-6-10-12;1-5(2,7)6(3,4)8/h1-28H;1-18,30H;1-10H;7-8H,1-4H3. The maximum Gasteiger partial charge on any atom is 0.226 e. The molecule has 5 aliphatic rings. The molecule has 11 heteroatoms. The van der Waals surface area contributed by atoms with Gasteiger partial charge in [0, 0.05) is 44.5 Å². The third kappa shape index (κ3) is 10.8. The first-order valence-corrected chi connectivity index (χ1v) is 37.6. The Bertz CT molecular complexity index is 6370. The third-order valence-electron chi connectivity index (χ3n) is 22.9. The quantitative estimate of drug-likeness (QED) is 0.158. The molecule has 0 bridgehead atoms. The number of hydrogen-bond donors (Lipinski definition) is 2. The van der Waals surface area contributed by atoms with E-state index >= 15 is 0 Å². The SMILES string of the molecule is CC(C)(O)C(C)(C)O.Clc1nc(-c2ccccc2)nc(-c2ccccc2)n1.[B]c1ccc2c(c1)C1(c3ccccc3-2)c2ccccc2C2c3ccccc3-c3cccc1c32.c1ccc(-c2nc(-c3ccccc3)nc(-c3ccc4c(c3)C3(c5ccccc5-4)c4ccccc4-n4c5ccccc5c5cccc3c54)n2)cc1. The maximum absolute atomic E-state index is 9.10. The zero-order chi connectivity index (χ0) is 74.6. The highest BCUT2D eigenvalue weighted by Gasteiger charge is 2.55. The van der Waals surface area contributed by atoms with Crippen molar-refractivity contribution in [2.24, 2.45) is 0 Å². The molecule has 0 amide bonds. The van der Waals surface area contributed by atoms with E-state index in [0.717, 1.165) is 33.3 Å². The number of benzene rings is 14. The van der Waals surface area contributed by atoms with Crippen LogP contribution in [0.3, 0.4) is 0 Å². The fourth-order valence-electron chi connectivity index (χ4n) is 17.4. The third-order valence-corrected chi connectivity index (χ3v) is 23.1. The van der Waals surface area contributed by atoms with Crippen molar-refractivity contribution >= 4 is 46.7 Å². The molecule has 3 unspecified atom stereocenters. The predicted molar refractivity (Wildman–Crippen MR) is 445 cm³/mol. The number of hydrogen-bond acceptors (Lipinski definition) is 8. The summed E-state index contributed by atoms with van der Waals surface area (Å²) in [5.41, 5.74) is 29.0. The summed E-state index contributed by atoms with van der Waals surface area (Å²) in [5, 5.41) is 20.9. The monoisotopic (exact) mass is 1440 g/mol. The minimum atomic E-state index is -1.01. The normalized spacial score (nSPS) is 15.8. The zero-order valence-corrected chi connectivity index (χ0v) is 61.6. The number of halogens is 1. The van der Waals surface area contributed by atoms with Gasteiger partial charge in [0.1, 0.15) is 7.85 Å². The van der Waals surface area contributed by atoms with Gasteiger partial charge in [-0.15, -0.1) is 0 Å². The van der Waals surface area contributed by atoms with Gasteiger partial charge in [0.25, 0.3) is 0 Å². The van der Waals surface area contributed by atoms with Crippen molar-refractivity contribution in [3.63, 3.8) is 0 Å². The summed E-state index contributed by atoms with van der Waals surface area (Å²) in [6.45, 7) is 6.31. The smallest absolute Gasteiger partial charge is 0.226 e. The van der Waals surface area contributed by atoms with Gasteiger partial charge in [-0.05, 0) is 152 Å². The lowest BCUT2D eigenvalue weighted by atomic mass is 9.59. The van der Waals surface area contributed by atoms with E-state index in [1.165, 1.54) is 122 Å². The molecule has 4 heterocycles. The van der Waals surface area contributed by atoms with Crippen LogP contribution in [0, 0.1) is 0 Å². The van der Waals surface area contributed by atoms with E-state index in [4.69, 9.17) is 44.6 Å². The molecule has 524 valence electrons. The van der Waals surface area contributed by atoms with Gasteiger partial charge in [-0.2, -0.15) is 9.97 Å². The van der Waals surface area contributed by atoms with Gasteiger partial charge in [0.2, 0.25) is 5.28 Å². The van der Waals surface area contributed by atoms with Crippen molar-refractivity contribution in [1.29, 1.82) is 0 Å². The van der Waals surface area contributed by atoms with Crippen LogP contribution in [0.5, 0.6) is 0 Å². The number of aromatic nitrogens is 7. The van der Waals surface area contributed by atoms with E-state index < -0.39 is 16.6 Å². The molecule has 0 fully saturated rings. The van der Waals surface area contributed by atoms with Gasteiger partial charge >= 0.3 is 0 Å². The molecule has 2 spiro atoms. The molecular weight excluding hydrogens is 1370 g/mol. The Morgan fingerprint density at radius 2 is 0.709 bits per heavy atom. The molecule has 0 saturated carbocycles. The summed E-state index contributed by atoms with van der Waals surface area (Å²) in [5.74, 6) is 3.41. The summed E-state index contributed by atoms with van der Waals surface area (Å²) in [6.07, 6.45) is 0. The Balaban J connectivity index is 0.000000116. The van der Waals surface area contributed by atoms with Crippen LogP contribution < -0.4 is 5.46 Å². The van der Waals surface area contributed by atoms with Crippen molar-refractivity contribution in [3.05, 3.63) is 406 Å². The van der Waals surface area contributed by atoms with Gasteiger partial charge in [-0.1, -0.05) is 327 Å². The molecule has 110 heavy (non-hydrogen) atoms. The molecule has 1 aliphatic heterocycles. The molecule has 0 saturated heterocycles. The maximum atomic E-state index is 9.10. The number of para-hydroxylation sites is 3. The summed E-state index contributed by atoms with van der Waals surface area (Å²) in [6, 6.07) is 121. The van der Waals surface area contributed by atoms with E-state index in [1.807, 2.05) is 103 Å². The van der Waals surface area contributed by atoms with Gasteiger partial charge < -0.3 is 14.8 Å². The Morgan fingerprint density at radius 3 is 1.28 bits per heavy atom. The van der Waals surface area contributed by atoms with E-state index in [0.29, 0.717) is 29.1 Å². The highest BCUT2D eigenvalue weighted by atomic mass is 35.5. The highest BCUT2D eigenvalue weighted by Crippen LogP contribution is 2.66. The molecule has 4 aliphatic carbocycles. The average molecular weight is 1440 g/mol. The second kappa shape index (κ2) is 26.5. The van der Waals surface area contributed by atoms with Gasteiger partial charge in [0.05, 0.1) is 38.8 Å². The lowest BCUT2D eigenvalue weighted by Gasteiger charge is -2.42. The number of aliphatic hydroxyl groups is 2. The highest BCUT2D eigenvalue weighted by molar-refractivity contribution is 6.32. The number of nitrogens with zero attached hydrogens (tertiary/aromatic N) is 7. The first-order valence-electron chi connectivity index (χ1n) is 37.2. The number of rotatable bonds is 6. The molecule has 14 aromatic carbocycles. The lowest BCUT2D eigenvalue weighted by Crippen LogP contribution is -2.44. The number of fused-ring (bicyclic) bond motifs is 24. The topological polar surface area (TPSA) is 123 Å². The minimum Gasteiger partial charge on any atom is -0.387 e.